The number of aromatic nitrogens is 3. The minimum Gasteiger partial charge on any atom is -0.469 e. The van der Waals surface area contributed by atoms with E-state index < -0.39 is 0 Å². The number of carbonyl (C=O) groups is 1. The van der Waals surface area contributed by atoms with Crippen LogP contribution in [0.3, 0.4) is 0 Å². The molecule has 1 aliphatic rings. The van der Waals surface area contributed by atoms with Crippen LogP contribution >= 0.6 is 0 Å². The van der Waals surface area contributed by atoms with Crippen molar-refractivity contribution in [2.75, 3.05) is 20.2 Å². The first kappa shape index (κ1) is 13.0. The second-order valence-electron chi connectivity index (χ2n) is 4.80. The molecule has 6 nitrogen and oxygen atoms in total. The fourth-order valence-corrected chi connectivity index (χ4v) is 2.28. The summed E-state index contributed by atoms with van der Waals surface area (Å²) in [6.07, 6.45) is 1.73. The molecule has 100 valence electrons. The van der Waals surface area contributed by atoms with E-state index in [1.165, 1.54) is 7.11 Å². The molecule has 1 aromatic heterocycles. The third-order valence-electron chi connectivity index (χ3n) is 3.67. The van der Waals surface area contributed by atoms with Gasteiger partial charge in [0.15, 0.2) is 0 Å². The van der Waals surface area contributed by atoms with Crippen molar-refractivity contribution >= 4 is 5.97 Å². The molecule has 0 amide bonds. The van der Waals surface area contributed by atoms with Gasteiger partial charge in [-0.3, -0.25) is 9.69 Å². The fraction of sp³-hybridized carbons (Fsp3) is 0.750. The van der Waals surface area contributed by atoms with E-state index >= 15 is 0 Å². The van der Waals surface area contributed by atoms with Crippen molar-refractivity contribution in [1.29, 1.82) is 0 Å². The van der Waals surface area contributed by atoms with Gasteiger partial charge < -0.3 is 9.30 Å². The molecule has 2 rings (SSSR count). The van der Waals surface area contributed by atoms with Crippen LogP contribution in [0.15, 0.2) is 0 Å². The Labute approximate surface area is 107 Å². The highest BCUT2D eigenvalue weighted by molar-refractivity contribution is 5.72. The summed E-state index contributed by atoms with van der Waals surface area (Å²) >= 11 is 0. The molecule has 0 N–H and O–H groups in total. The Kier molecular flexibility index (Phi) is 3.96. The van der Waals surface area contributed by atoms with Gasteiger partial charge in [0, 0.05) is 7.05 Å². The van der Waals surface area contributed by atoms with Gasteiger partial charge in [-0.2, -0.15) is 0 Å². The standard InChI is InChI=1S/C12H20N4O2/c1-9-13-14-11(15(9)2)8-16-6-4-10(5-7-16)12(17)18-3/h10H,4-8H2,1-3H3. The molecular weight excluding hydrogens is 232 g/mol. The van der Waals surface area contributed by atoms with Gasteiger partial charge in [0.05, 0.1) is 19.6 Å². The first-order valence-corrected chi connectivity index (χ1v) is 6.27. The molecule has 0 atom stereocenters. The number of hydrogen-bond acceptors (Lipinski definition) is 5. The summed E-state index contributed by atoms with van der Waals surface area (Å²) in [4.78, 5) is 13.7. The predicted molar refractivity (Wildman–Crippen MR) is 65.8 cm³/mol. The Hall–Kier alpha value is -1.43. The lowest BCUT2D eigenvalue weighted by Gasteiger charge is -2.30. The van der Waals surface area contributed by atoms with E-state index in [4.69, 9.17) is 4.74 Å². The topological polar surface area (TPSA) is 60.2 Å². The summed E-state index contributed by atoms with van der Waals surface area (Å²) in [6, 6.07) is 0. The average molecular weight is 252 g/mol. The second-order valence-corrected chi connectivity index (χ2v) is 4.80. The summed E-state index contributed by atoms with van der Waals surface area (Å²) in [6.45, 7) is 4.56. The Balaban J connectivity index is 1.87. The van der Waals surface area contributed by atoms with Gasteiger partial charge in [0.2, 0.25) is 0 Å². The van der Waals surface area contributed by atoms with E-state index in [9.17, 15) is 4.79 Å². The number of rotatable bonds is 3. The van der Waals surface area contributed by atoms with Gasteiger partial charge in [-0.15, -0.1) is 10.2 Å². The van der Waals surface area contributed by atoms with Crippen LogP contribution in [0.5, 0.6) is 0 Å². The molecule has 1 aromatic rings. The Bertz CT molecular complexity index is 422. The monoisotopic (exact) mass is 252 g/mol. The highest BCUT2D eigenvalue weighted by atomic mass is 16.5. The zero-order valence-electron chi connectivity index (χ0n) is 11.2. The van der Waals surface area contributed by atoms with E-state index in [0.29, 0.717) is 0 Å². The number of methoxy groups -OCH3 is 1. The Morgan fingerprint density at radius 3 is 2.56 bits per heavy atom. The Morgan fingerprint density at radius 2 is 2.06 bits per heavy atom. The molecule has 0 saturated carbocycles. The van der Waals surface area contributed by atoms with Crippen molar-refractivity contribution in [1.82, 2.24) is 19.7 Å². The summed E-state index contributed by atoms with van der Waals surface area (Å²) < 4.78 is 6.79. The average Bonchev–Trinajstić information content (AvgIpc) is 2.71. The largest absolute Gasteiger partial charge is 0.469 e. The van der Waals surface area contributed by atoms with Gasteiger partial charge in [-0.25, -0.2) is 0 Å². The quantitative estimate of drug-likeness (QED) is 0.733. The van der Waals surface area contributed by atoms with Crippen LogP contribution in [0.25, 0.3) is 0 Å². The number of aryl methyl sites for hydroxylation is 1. The minimum absolute atomic E-state index is 0.0625. The number of likely N-dealkylation sites (tertiary alicyclic amines) is 1. The van der Waals surface area contributed by atoms with E-state index in [0.717, 1.165) is 44.1 Å². The summed E-state index contributed by atoms with van der Waals surface area (Å²) in [5, 5.41) is 8.21. The van der Waals surface area contributed by atoms with Crippen LogP contribution in [0.1, 0.15) is 24.5 Å². The molecule has 1 saturated heterocycles. The lowest BCUT2D eigenvalue weighted by Crippen LogP contribution is -2.36. The summed E-state index contributed by atoms with van der Waals surface area (Å²) in [7, 11) is 3.43. The number of ether oxygens (including phenoxy) is 1. The maximum Gasteiger partial charge on any atom is 0.308 e. The maximum atomic E-state index is 11.4. The molecule has 0 spiro atoms. The van der Waals surface area contributed by atoms with E-state index in [1.807, 2.05) is 18.5 Å². The van der Waals surface area contributed by atoms with Crippen molar-refractivity contribution in [2.24, 2.45) is 13.0 Å². The van der Waals surface area contributed by atoms with Crippen molar-refractivity contribution in [3.05, 3.63) is 11.6 Å². The van der Waals surface area contributed by atoms with Crippen LogP contribution in [0.4, 0.5) is 0 Å². The summed E-state index contributed by atoms with van der Waals surface area (Å²) in [5.74, 6) is 1.88. The highest BCUT2D eigenvalue weighted by Crippen LogP contribution is 2.19. The van der Waals surface area contributed by atoms with Crippen LogP contribution in [0.2, 0.25) is 0 Å². The molecule has 0 aromatic carbocycles. The van der Waals surface area contributed by atoms with Gasteiger partial charge >= 0.3 is 5.97 Å². The molecule has 6 heteroatoms. The number of esters is 1. The van der Waals surface area contributed by atoms with Gasteiger partial charge in [0.25, 0.3) is 0 Å². The maximum absolute atomic E-state index is 11.4. The number of nitrogens with zero attached hydrogens (tertiary/aromatic N) is 4. The summed E-state index contributed by atoms with van der Waals surface area (Å²) in [5.41, 5.74) is 0. The third-order valence-corrected chi connectivity index (χ3v) is 3.67. The molecule has 0 unspecified atom stereocenters. The highest BCUT2D eigenvalue weighted by Gasteiger charge is 2.26. The first-order chi connectivity index (χ1) is 8.61. The van der Waals surface area contributed by atoms with E-state index in [-0.39, 0.29) is 11.9 Å². The van der Waals surface area contributed by atoms with Crippen LogP contribution in [0, 0.1) is 12.8 Å². The molecule has 0 aliphatic carbocycles. The lowest BCUT2D eigenvalue weighted by molar-refractivity contribution is -0.147. The fourth-order valence-electron chi connectivity index (χ4n) is 2.28. The SMILES string of the molecule is COC(=O)C1CCN(Cc2nnc(C)n2C)CC1. The zero-order chi connectivity index (χ0) is 13.1. The van der Waals surface area contributed by atoms with Crippen molar-refractivity contribution < 1.29 is 9.53 Å². The zero-order valence-corrected chi connectivity index (χ0v) is 11.2. The smallest absolute Gasteiger partial charge is 0.308 e. The van der Waals surface area contributed by atoms with E-state index in [2.05, 4.69) is 15.1 Å². The number of carbonyl (C=O) groups excluding carboxylic acids is 1. The molecule has 2 heterocycles. The van der Waals surface area contributed by atoms with E-state index in [1.54, 1.807) is 0 Å². The van der Waals surface area contributed by atoms with Crippen LogP contribution in [-0.4, -0.2) is 45.8 Å². The number of piperidine rings is 1. The van der Waals surface area contributed by atoms with Gasteiger partial charge in [-0.05, 0) is 32.9 Å². The van der Waals surface area contributed by atoms with Crippen molar-refractivity contribution in [2.45, 2.75) is 26.3 Å². The Morgan fingerprint density at radius 1 is 1.39 bits per heavy atom. The lowest BCUT2D eigenvalue weighted by atomic mass is 9.97. The van der Waals surface area contributed by atoms with Crippen LogP contribution < -0.4 is 0 Å². The van der Waals surface area contributed by atoms with Gasteiger partial charge in [0.1, 0.15) is 11.6 Å². The minimum atomic E-state index is -0.0795. The normalized spacial score (nSPS) is 17.9. The van der Waals surface area contributed by atoms with Crippen LogP contribution in [-0.2, 0) is 23.1 Å². The molecule has 0 bridgehead atoms. The number of hydrogen-bond donors (Lipinski definition) is 0. The molecular formula is C12H20N4O2. The molecule has 18 heavy (non-hydrogen) atoms. The predicted octanol–water partition coefficient (Wildman–Crippen LogP) is 0.509. The third kappa shape index (κ3) is 2.69. The molecule has 1 fully saturated rings. The first-order valence-electron chi connectivity index (χ1n) is 6.27. The van der Waals surface area contributed by atoms with Crippen molar-refractivity contribution in [3.63, 3.8) is 0 Å². The molecule has 0 radical (unpaired) electrons. The second kappa shape index (κ2) is 5.48. The van der Waals surface area contributed by atoms with Gasteiger partial charge in [-0.1, -0.05) is 0 Å². The van der Waals surface area contributed by atoms with Crippen molar-refractivity contribution in [3.8, 4) is 0 Å². The molecule has 1 aliphatic heterocycles.